The Morgan fingerprint density at radius 2 is 1.89 bits per heavy atom. The minimum atomic E-state index is -0.135. The van der Waals surface area contributed by atoms with E-state index < -0.39 is 0 Å². The van der Waals surface area contributed by atoms with E-state index in [-0.39, 0.29) is 5.91 Å². The number of carbonyl (C=O) groups is 1. The predicted molar refractivity (Wildman–Crippen MR) is 74.4 cm³/mol. The van der Waals surface area contributed by atoms with Crippen LogP contribution in [0.3, 0.4) is 0 Å². The Bertz CT molecular complexity index is 620. The van der Waals surface area contributed by atoms with Gasteiger partial charge in [-0.05, 0) is 23.8 Å². The lowest BCUT2D eigenvalue weighted by Gasteiger charge is -2.03. The minimum Gasteiger partial charge on any atom is -0.267 e. The maximum Gasteiger partial charge on any atom is 0.277 e. The van der Waals surface area contributed by atoms with Gasteiger partial charge in [-0.15, -0.1) is 11.8 Å². The van der Waals surface area contributed by atoms with Crippen molar-refractivity contribution in [3.8, 4) is 0 Å². The van der Waals surface area contributed by atoms with Crippen molar-refractivity contribution in [1.29, 1.82) is 0 Å². The van der Waals surface area contributed by atoms with E-state index in [2.05, 4.69) is 17.1 Å². The summed E-state index contributed by atoms with van der Waals surface area (Å²) in [4.78, 5) is 16.3. The van der Waals surface area contributed by atoms with Crippen molar-refractivity contribution < 1.29 is 4.79 Å². The van der Waals surface area contributed by atoms with Gasteiger partial charge in [0.2, 0.25) is 0 Å². The first-order chi connectivity index (χ1) is 8.83. The van der Waals surface area contributed by atoms with Gasteiger partial charge in [0.25, 0.3) is 5.91 Å². The molecule has 0 spiro atoms. The first kappa shape index (κ1) is 11.2. The smallest absolute Gasteiger partial charge is 0.267 e. The number of amides is 1. The second-order valence-corrected chi connectivity index (χ2v) is 5.14. The van der Waals surface area contributed by atoms with E-state index in [4.69, 9.17) is 0 Å². The molecule has 0 aliphatic carbocycles. The van der Waals surface area contributed by atoms with Crippen molar-refractivity contribution in [3.05, 3.63) is 65.2 Å². The first-order valence-corrected chi connectivity index (χ1v) is 6.71. The van der Waals surface area contributed by atoms with Crippen LogP contribution >= 0.6 is 11.8 Å². The van der Waals surface area contributed by atoms with E-state index in [1.54, 1.807) is 18.0 Å². The van der Waals surface area contributed by atoms with Crippen LogP contribution in [-0.4, -0.2) is 12.1 Å². The quantitative estimate of drug-likeness (QED) is 0.783. The molecule has 0 fully saturated rings. The minimum absolute atomic E-state index is 0.135. The SMILES string of the molecule is O=C1N=Cc2cc(SCc3ccccc3)ccc21. The van der Waals surface area contributed by atoms with Gasteiger partial charge in [0.15, 0.2) is 0 Å². The number of fused-ring (bicyclic) bond motifs is 1. The average molecular weight is 253 g/mol. The molecule has 0 aromatic heterocycles. The average Bonchev–Trinajstić information content (AvgIpc) is 2.79. The predicted octanol–water partition coefficient (Wildman–Crippen LogP) is 3.55. The summed E-state index contributed by atoms with van der Waals surface area (Å²) in [7, 11) is 0. The monoisotopic (exact) mass is 253 g/mol. The van der Waals surface area contributed by atoms with E-state index >= 15 is 0 Å². The molecule has 0 unspecified atom stereocenters. The fourth-order valence-corrected chi connectivity index (χ4v) is 2.77. The Hall–Kier alpha value is -1.87. The molecule has 0 saturated heterocycles. The van der Waals surface area contributed by atoms with Gasteiger partial charge in [0.05, 0.1) is 5.56 Å². The van der Waals surface area contributed by atoms with Crippen molar-refractivity contribution >= 4 is 23.9 Å². The molecule has 2 aromatic carbocycles. The van der Waals surface area contributed by atoms with Crippen LogP contribution in [0.2, 0.25) is 0 Å². The summed E-state index contributed by atoms with van der Waals surface area (Å²) in [6.45, 7) is 0. The van der Waals surface area contributed by atoms with Crippen LogP contribution in [0.15, 0.2) is 58.4 Å². The zero-order valence-electron chi connectivity index (χ0n) is 9.67. The highest BCUT2D eigenvalue weighted by molar-refractivity contribution is 7.98. The molecule has 2 nitrogen and oxygen atoms in total. The van der Waals surface area contributed by atoms with Crippen LogP contribution in [0.4, 0.5) is 0 Å². The molecule has 18 heavy (non-hydrogen) atoms. The van der Waals surface area contributed by atoms with Crippen molar-refractivity contribution in [2.24, 2.45) is 4.99 Å². The van der Waals surface area contributed by atoms with Crippen molar-refractivity contribution in [2.75, 3.05) is 0 Å². The summed E-state index contributed by atoms with van der Waals surface area (Å²) in [5, 5.41) is 0. The zero-order chi connectivity index (χ0) is 12.4. The van der Waals surface area contributed by atoms with Gasteiger partial charge in [-0.1, -0.05) is 30.3 Å². The Morgan fingerprint density at radius 3 is 2.72 bits per heavy atom. The van der Waals surface area contributed by atoms with E-state index in [0.717, 1.165) is 11.3 Å². The van der Waals surface area contributed by atoms with Gasteiger partial charge in [0, 0.05) is 22.4 Å². The Balaban J connectivity index is 1.75. The summed E-state index contributed by atoms with van der Waals surface area (Å²) < 4.78 is 0. The van der Waals surface area contributed by atoms with E-state index in [9.17, 15) is 4.79 Å². The summed E-state index contributed by atoms with van der Waals surface area (Å²) in [5.41, 5.74) is 2.94. The standard InChI is InChI=1S/C15H11NOS/c17-15-14-7-6-13(8-12(14)9-16-15)18-10-11-4-2-1-3-5-11/h1-9H,10H2. The number of benzene rings is 2. The summed E-state index contributed by atoms with van der Waals surface area (Å²) in [6.07, 6.45) is 1.64. The third-order valence-electron chi connectivity index (χ3n) is 2.82. The maximum atomic E-state index is 11.4. The van der Waals surface area contributed by atoms with Crippen LogP contribution in [0.5, 0.6) is 0 Å². The lowest BCUT2D eigenvalue weighted by atomic mass is 10.1. The van der Waals surface area contributed by atoms with Crippen LogP contribution in [0.1, 0.15) is 21.5 Å². The summed E-state index contributed by atoms with van der Waals surface area (Å²) in [6, 6.07) is 16.2. The molecule has 0 N–H and O–H groups in total. The number of rotatable bonds is 3. The van der Waals surface area contributed by atoms with E-state index in [0.29, 0.717) is 5.56 Å². The molecule has 1 amide bonds. The molecule has 1 heterocycles. The third kappa shape index (κ3) is 2.22. The lowest BCUT2D eigenvalue weighted by molar-refractivity contribution is 0.101. The molecule has 3 rings (SSSR count). The molecule has 88 valence electrons. The van der Waals surface area contributed by atoms with E-state index in [1.807, 2.05) is 36.4 Å². The van der Waals surface area contributed by atoms with Gasteiger partial charge in [0.1, 0.15) is 0 Å². The Labute approximate surface area is 110 Å². The van der Waals surface area contributed by atoms with E-state index in [1.165, 1.54) is 10.5 Å². The molecule has 0 radical (unpaired) electrons. The van der Waals surface area contributed by atoms with Crippen molar-refractivity contribution in [1.82, 2.24) is 0 Å². The topological polar surface area (TPSA) is 29.4 Å². The molecule has 1 aliphatic heterocycles. The van der Waals surface area contributed by atoms with Crippen molar-refractivity contribution in [2.45, 2.75) is 10.6 Å². The highest BCUT2D eigenvalue weighted by atomic mass is 32.2. The highest BCUT2D eigenvalue weighted by Gasteiger charge is 2.15. The number of hydrogen-bond donors (Lipinski definition) is 0. The molecule has 2 aromatic rings. The Kier molecular flexibility index (Phi) is 2.99. The molecular weight excluding hydrogens is 242 g/mol. The largest absolute Gasteiger partial charge is 0.277 e. The molecule has 3 heteroatoms. The normalized spacial score (nSPS) is 12.8. The van der Waals surface area contributed by atoms with Gasteiger partial charge in [-0.3, -0.25) is 4.79 Å². The second kappa shape index (κ2) is 4.78. The van der Waals surface area contributed by atoms with Crippen LogP contribution in [0, 0.1) is 0 Å². The fourth-order valence-electron chi connectivity index (χ4n) is 1.87. The van der Waals surface area contributed by atoms with Crippen LogP contribution in [0.25, 0.3) is 0 Å². The van der Waals surface area contributed by atoms with Crippen LogP contribution < -0.4 is 0 Å². The number of nitrogens with zero attached hydrogens (tertiary/aromatic N) is 1. The molecular formula is C15H11NOS. The zero-order valence-corrected chi connectivity index (χ0v) is 10.5. The van der Waals surface area contributed by atoms with Gasteiger partial charge in [-0.25, -0.2) is 4.99 Å². The summed E-state index contributed by atoms with van der Waals surface area (Å²) in [5.74, 6) is 0.801. The van der Waals surface area contributed by atoms with Crippen LogP contribution in [-0.2, 0) is 5.75 Å². The number of aliphatic imine (C=N–C) groups is 1. The molecule has 1 aliphatic rings. The van der Waals surface area contributed by atoms with Gasteiger partial charge < -0.3 is 0 Å². The highest BCUT2D eigenvalue weighted by Crippen LogP contribution is 2.26. The van der Waals surface area contributed by atoms with Crippen molar-refractivity contribution in [3.63, 3.8) is 0 Å². The molecule has 0 atom stereocenters. The summed E-state index contributed by atoms with van der Waals surface area (Å²) >= 11 is 1.77. The number of carbonyl (C=O) groups excluding carboxylic acids is 1. The third-order valence-corrected chi connectivity index (χ3v) is 3.89. The maximum absolute atomic E-state index is 11.4. The molecule has 0 bridgehead atoms. The number of thioether (sulfide) groups is 1. The molecule has 0 saturated carbocycles. The first-order valence-electron chi connectivity index (χ1n) is 5.72. The second-order valence-electron chi connectivity index (χ2n) is 4.09. The number of hydrogen-bond acceptors (Lipinski definition) is 2. The fraction of sp³-hybridized carbons (Fsp3) is 0.0667. The van der Waals surface area contributed by atoms with Gasteiger partial charge >= 0.3 is 0 Å². The Morgan fingerprint density at radius 1 is 1.06 bits per heavy atom. The lowest BCUT2D eigenvalue weighted by Crippen LogP contribution is -1.91. The van der Waals surface area contributed by atoms with Gasteiger partial charge in [-0.2, -0.15) is 0 Å².